The zero-order chi connectivity index (χ0) is 23.6. The molecule has 0 bridgehead atoms. The third-order valence-electron chi connectivity index (χ3n) is 5.57. The number of rotatable bonds is 5. The fourth-order valence-corrected chi connectivity index (χ4v) is 4.38. The van der Waals surface area contributed by atoms with Crippen LogP contribution in [0.2, 0.25) is 0 Å². The first-order valence-electron chi connectivity index (χ1n) is 10.3. The summed E-state index contributed by atoms with van der Waals surface area (Å²) in [6, 6.07) is 3.19. The minimum absolute atomic E-state index is 0.147. The van der Waals surface area contributed by atoms with E-state index in [4.69, 9.17) is 0 Å². The molecule has 0 spiro atoms. The van der Waals surface area contributed by atoms with Crippen molar-refractivity contribution in [3.63, 3.8) is 0 Å². The van der Waals surface area contributed by atoms with Crippen molar-refractivity contribution in [3.8, 4) is 11.3 Å². The lowest BCUT2D eigenvalue weighted by molar-refractivity contribution is -0.137. The molecule has 1 amide bonds. The minimum Gasteiger partial charge on any atom is -0.453 e. The summed E-state index contributed by atoms with van der Waals surface area (Å²) in [5.41, 5.74) is 0.0384. The smallest absolute Gasteiger partial charge is 0.419 e. The molecular weight excluding hydrogens is 505 g/mol. The number of carbonyl (C=O) groups excluding carboxylic acids is 1. The Bertz CT molecular complexity index is 1160. The summed E-state index contributed by atoms with van der Waals surface area (Å²) < 4.78 is 46.4. The number of alkyl halides is 3. The summed E-state index contributed by atoms with van der Waals surface area (Å²) in [7, 11) is 1.24. The van der Waals surface area contributed by atoms with Crippen molar-refractivity contribution in [1.29, 1.82) is 0 Å². The SMILES string of the molecule is COC(=O)Nc1ccc2c(-c3nc(NCC4CCNCC4)ncc3C(F)(F)F)c[nH]c2c1Br. The van der Waals surface area contributed by atoms with E-state index in [9.17, 15) is 18.0 Å². The Morgan fingerprint density at radius 2 is 2.06 bits per heavy atom. The summed E-state index contributed by atoms with van der Waals surface area (Å²) >= 11 is 3.39. The van der Waals surface area contributed by atoms with E-state index in [-0.39, 0.29) is 17.2 Å². The molecule has 1 aromatic carbocycles. The van der Waals surface area contributed by atoms with E-state index < -0.39 is 17.8 Å². The van der Waals surface area contributed by atoms with Crippen molar-refractivity contribution >= 4 is 44.6 Å². The van der Waals surface area contributed by atoms with Crippen LogP contribution in [0.1, 0.15) is 18.4 Å². The van der Waals surface area contributed by atoms with Gasteiger partial charge in [-0.15, -0.1) is 0 Å². The Kier molecular flexibility index (Phi) is 6.75. The lowest BCUT2D eigenvalue weighted by atomic mass is 9.98. The van der Waals surface area contributed by atoms with E-state index in [2.05, 4.69) is 51.6 Å². The minimum atomic E-state index is -4.63. The maximum Gasteiger partial charge on any atom is 0.419 e. The third kappa shape index (κ3) is 5.06. The van der Waals surface area contributed by atoms with E-state index in [1.807, 2.05) is 0 Å². The molecule has 8 nitrogen and oxygen atoms in total. The quantitative estimate of drug-likeness (QED) is 0.373. The van der Waals surface area contributed by atoms with Gasteiger partial charge in [-0.25, -0.2) is 14.8 Å². The number of carbonyl (C=O) groups is 1. The molecule has 0 saturated carbocycles. The van der Waals surface area contributed by atoms with Crippen LogP contribution in [-0.4, -0.2) is 47.8 Å². The molecule has 1 saturated heterocycles. The number of anilines is 2. The lowest BCUT2D eigenvalue weighted by Crippen LogP contribution is -2.31. The van der Waals surface area contributed by atoms with Gasteiger partial charge in [0.05, 0.1) is 28.5 Å². The predicted octanol–water partition coefficient (Wildman–Crippen LogP) is 5.00. The highest BCUT2D eigenvalue weighted by atomic mass is 79.9. The average Bonchev–Trinajstić information content (AvgIpc) is 3.24. The van der Waals surface area contributed by atoms with Crippen molar-refractivity contribution in [3.05, 3.63) is 34.6 Å². The van der Waals surface area contributed by atoms with Gasteiger partial charge < -0.3 is 20.4 Å². The largest absolute Gasteiger partial charge is 0.453 e. The highest BCUT2D eigenvalue weighted by molar-refractivity contribution is 9.10. The number of hydrogen-bond donors (Lipinski definition) is 4. The number of ether oxygens (including phenoxy) is 1. The number of halogens is 4. The summed E-state index contributed by atoms with van der Waals surface area (Å²) in [5.74, 6) is 0.555. The highest BCUT2D eigenvalue weighted by Gasteiger charge is 2.36. The molecule has 0 radical (unpaired) electrons. The van der Waals surface area contributed by atoms with Gasteiger partial charge in [-0.2, -0.15) is 13.2 Å². The van der Waals surface area contributed by atoms with Crippen molar-refractivity contribution in [2.24, 2.45) is 5.92 Å². The first kappa shape index (κ1) is 23.3. The third-order valence-corrected chi connectivity index (χ3v) is 6.40. The molecule has 33 heavy (non-hydrogen) atoms. The fourth-order valence-electron chi connectivity index (χ4n) is 3.82. The predicted molar refractivity (Wildman–Crippen MR) is 122 cm³/mol. The van der Waals surface area contributed by atoms with Crippen LogP contribution in [0.3, 0.4) is 0 Å². The molecular formula is C21H22BrF3N6O2. The first-order chi connectivity index (χ1) is 15.8. The van der Waals surface area contributed by atoms with Gasteiger partial charge in [-0.05, 0) is 53.8 Å². The van der Waals surface area contributed by atoms with Gasteiger partial charge in [0.2, 0.25) is 5.95 Å². The number of methoxy groups -OCH3 is 1. The Labute approximate surface area is 195 Å². The zero-order valence-electron chi connectivity index (χ0n) is 17.6. The van der Waals surface area contributed by atoms with Crippen LogP contribution in [0.4, 0.5) is 29.6 Å². The number of fused-ring (bicyclic) bond motifs is 1. The van der Waals surface area contributed by atoms with E-state index in [1.54, 1.807) is 12.1 Å². The van der Waals surface area contributed by atoms with Gasteiger partial charge in [0.25, 0.3) is 0 Å². The Morgan fingerprint density at radius 1 is 1.30 bits per heavy atom. The normalized spacial score (nSPS) is 14.9. The van der Waals surface area contributed by atoms with Gasteiger partial charge >= 0.3 is 12.3 Å². The van der Waals surface area contributed by atoms with Gasteiger partial charge in [0, 0.05) is 29.9 Å². The van der Waals surface area contributed by atoms with Crippen molar-refractivity contribution in [2.45, 2.75) is 19.0 Å². The second-order valence-corrected chi connectivity index (χ2v) is 8.49. The molecule has 12 heteroatoms. The maximum atomic E-state index is 13.8. The summed E-state index contributed by atoms with van der Waals surface area (Å²) in [6.45, 7) is 2.43. The first-order valence-corrected chi connectivity index (χ1v) is 11.1. The van der Waals surface area contributed by atoms with Crippen LogP contribution in [0.5, 0.6) is 0 Å². The van der Waals surface area contributed by atoms with Crippen molar-refractivity contribution in [1.82, 2.24) is 20.3 Å². The van der Waals surface area contributed by atoms with Crippen molar-refractivity contribution < 1.29 is 22.7 Å². The van der Waals surface area contributed by atoms with E-state index in [1.165, 1.54) is 13.3 Å². The van der Waals surface area contributed by atoms with Gasteiger partial charge in [-0.1, -0.05) is 6.07 Å². The zero-order valence-corrected chi connectivity index (χ0v) is 19.2. The number of aromatic amines is 1. The number of piperidine rings is 1. The second-order valence-electron chi connectivity index (χ2n) is 7.70. The number of aromatic nitrogens is 3. The van der Waals surface area contributed by atoms with Crippen LogP contribution < -0.4 is 16.0 Å². The van der Waals surface area contributed by atoms with Crippen LogP contribution in [-0.2, 0) is 10.9 Å². The standard InChI is InChI=1S/C21H22BrF3N6O2/c1-33-20(32)30-15-3-2-12-13(9-27-18(12)16(15)22)17-14(21(23,24)25)10-29-19(31-17)28-8-11-4-6-26-7-5-11/h2-3,9-11,26-27H,4-8H2,1H3,(H,30,32)(H,28,29,31). The monoisotopic (exact) mass is 526 g/mol. The number of nitrogens with one attached hydrogen (secondary N) is 4. The Hall–Kier alpha value is -2.86. The summed E-state index contributed by atoms with van der Waals surface area (Å²) in [5, 5.41) is 9.43. The lowest BCUT2D eigenvalue weighted by Gasteiger charge is -2.23. The Balaban J connectivity index is 1.71. The molecule has 3 heterocycles. The highest BCUT2D eigenvalue weighted by Crippen LogP contribution is 2.41. The average molecular weight is 527 g/mol. The van der Waals surface area contributed by atoms with Gasteiger partial charge in [-0.3, -0.25) is 5.32 Å². The molecule has 3 aromatic rings. The molecule has 176 valence electrons. The van der Waals surface area contributed by atoms with Gasteiger partial charge in [0.1, 0.15) is 5.56 Å². The molecule has 0 atom stereocenters. The molecule has 4 N–H and O–H groups in total. The Morgan fingerprint density at radius 3 is 2.76 bits per heavy atom. The second kappa shape index (κ2) is 9.56. The number of hydrogen-bond acceptors (Lipinski definition) is 6. The van der Waals surface area contributed by atoms with E-state index in [0.29, 0.717) is 33.5 Å². The summed E-state index contributed by atoms with van der Waals surface area (Å²) in [4.78, 5) is 22.7. The maximum absolute atomic E-state index is 13.8. The molecule has 2 aromatic heterocycles. The summed E-state index contributed by atoms with van der Waals surface area (Å²) in [6.07, 6.45) is -1.05. The van der Waals surface area contributed by atoms with Crippen molar-refractivity contribution in [2.75, 3.05) is 37.4 Å². The van der Waals surface area contributed by atoms with E-state index in [0.717, 1.165) is 32.1 Å². The van der Waals surface area contributed by atoms with Gasteiger partial charge in [0.15, 0.2) is 0 Å². The molecule has 4 rings (SSSR count). The molecule has 1 fully saturated rings. The topological polar surface area (TPSA) is 104 Å². The number of H-pyrrole nitrogens is 1. The van der Waals surface area contributed by atoms with Crippen LogP contribution in [0.15, 0.2) is 29.0 Å². The molecule has 0 unspecified atom stereocenters. The number of amides is 1. The number of nitrogens with zero attached hydrogens (tertiary/aromatic N) is 2. The van der Waals surface area contributed by atoms with Crippen LogP contribution >= 0.6 is 15.9 Å². The van der Waals surface area contributed by atoms with Crippen LogP contribution in [0, 0.1) is 5.92 Å². The molecule has 0 aliphatic carbocycles. The fraction of sp³-hybridized carbons (Fsp3) is 0.381. The van der Waals surface area contributed by atoms with E-state index >= 15 is 0 Å². The molecule has 1 aliphatic rings. The molecule has 1 aliphatic heterocycles. The number of benzene rings is 1. The van der Waals surface area contributed by atoms with Crippen LogP contribution in [0.25, 0.3) is 22.2 Å².